The van der Waals surface area contributed by atoms with Gasteiger partial charge in [-0.15, -0.1) is 0 Å². The minimum absolute atomic E-state index is 0.113. The van der Waals surface area contributed by atoms with Crippen LogP contribution in [-0.4, -0.2) is 34.3 Å². The van der Waals surface area contributed by atoms with E-state index in [2.05, 4.69) is 27.2 Å². The molecule has 0 amide bonds. The molecule has 3 heterocycles. The number of anilines is 1. The molecule has 6 nitrogen and oxygen atoms in total. The van der Waals surface area contributed by atoms with Gasteiger partial charge in [0.2, 0.25) is 5.88 Å². The molecule has 2 aromatic heterocycles. The van der Waals surface area contributed by atoms with Gasteiger partial charge in [-0.05, 0) is 25.0 Å². The normalized spacial score (nSPS) is 17.2. The maximum absolute atomic E-state index is 5.83. The molecule has 1 saturated heterocycles. The SMILES string of the molecule is CCc1cc(NCc2ccnc(OC3CCOC3)c2)nc(C)n1. The van der Waals surface area contributed by atoms with E-state index in [0.717, 1.165) is 42.3 Å². The number of aryl methyl sites for hydroxylation is 2. The Labute approximate surface area is 136 Å². The summed E-state index contributed by atoms with van der Waals surface area (Å²) >= 11 is 0. The van der Waals surface area contributed by atoms with Crippen molar-refractivity contribution in [3.8, 4) is 5.88 Å². The Morgan fingerprint density at radius 3 is 3.04 bits per heavy atom. The summed E-state index contributed by atoms with van der Waals surface area (Å²) in [4.78, 5) is 13.1. The number of ether oxygens (including phenoxy) is 2. The second kappa shape index (κ2) is 7.37. The topological polar surface area (TPSA) is 69.2 Å². The lowest BCUT2D eigenvalue weighted by molar-refractivity contribution is 0.138. The molecular weight excluding hydrogens is 292 g/mol. The molecule has 1 fully saturated rings. The van der Waals surface area contributed by atoms with Gasteiger partial charge in [0, 0.05) is 37.0 Å². The third-order valence-electron chi connectivity index (χ3n) is 3.70. The van der Waals surface area contributed by atoms with Gasteiger partial charge < -0.3 is 14.8 Å². The fourth-order valence-corrected chi connectivity index (χ4v) is 2.50. The van der Waals surface area contributed by atoms with Gasteiger partial charge in [-0.2, -0.15) is 0 Å². The average Bonchev–Trinajstić information content (AvgIpc) is 3.06. The van der Waals surface area contributed by atoms with Crippen molar-refractivity contribution in [3.05, 3.63) is 41.5 Å². The first-order chi connectivity index (χ1) is 11.2. The van der Waals surface area contributed by atoms with Gasteiger partial charge in [0.15, 0.2) is 0 Å². The molecule has 1 unspecified atom stereocenters. The van der Waals surface area contributed by atoms with E-state index in [1.165, 1.54) is 0 Å². The molecule has 122 valence electrons. The van der Waals surface area contributed by atoms with E-state index < -0.39 is 0 Å². The Morgan fingerprint density at radius 1 is 1.35 bits per heavy atom. The van der Waals surface area contributed by atoms with E-state index in [4.69, 9.17) is 9.47 Å². The van der Waals surface area contributed by atoms with Crippen molar-refractivity contribution in [2.24, 2.45) is 0 Å². The zero-order chi connectivity index (χ0) is 16.1. The van der Waals surface area contributed by atoms with Crippen molar-refractivity contribution >= 4 is 5.82 Å². The van der Waals surface area contributed by atoms with Gasteiger partial charge in [-0.25, -0.2) is 15.0 Å². The number of nitrogens with zero attached hydrogens (tertiary/aromatic N) is 3. The van der Waals surface area contributed by atoms with Gasteiger partial charge in [0.05, 0.1) is 13.2 Å². The highest BCUT2D eigenvalue weighted by Crippen LogP contribution is 2.16. The maximum atomic E-state index is 5.83. The zero-order valence-corrected chi connectivity index (χ0v) is 13.6. The van der Waals surface area contributed by atoms with Gasteiger partial charge >= 0.3 is 0 Å². The number of pyridine rings is 1. The number of nitrogens with one attached hydrogen (secondary N) is 1. The Hall–Kier alpha value is -2.21. The molecule has 2 aromatic rings. The van der Waals surface area contributed by atoms with E-state index in [9.17, 15) is 0 Å². The first kappa shape index (κ1) is 15.7. The predicted octanol–water partition coefficient (Wildman–Crippen LogP) is 2.52. The fourth-order valence-electron chi connectivity index (χ4n) is 2.50. The van der Waals surface area contributed by atoms with E-state index in [-0.39, 0.29) is 6.10 Å². The number of rotatable bonds is 6. The molecule has 1 N–H and O–H groups in total. The lowest BCUT2D eigenvalue weighted by Crippen LogP contribution is -2.16. The van der Waals surface area contributed by atoms with Crippen LogP contribution < -0.4 is 10.1 Å². The molecule has 23 heavy (non-hydrogen) atoms. The molecular formula is C17H22N4O2. The monoisotopic (exact) mass is 314 g/mol. The van der Waals surface area contributed by atoms with Crippen molar-refractivity contribution < 1.29 is 9.47 Å². The van der Waals surface area contributed by atoms with Crippen LogP contribution in [0.25, 0.3) is 0 Å². The summed E-state index contributed by atoms with van der Waals surface area (Å²) in [7, 11) is 0. The van der Waals surface area contributed by atoms with Crippen LogP contribution in [0.3, 0.4) is 0 Å². The number of aromatic nitrogens is 3. The summed E-state index contributed by atoms with van der Waals surface area (Å²) < 4.78 is 11.2. The first-order valence-corrected chi connectivity index (χ1v) is 8.00. The number of hydrogen-bond donors (Lipinski definition) is 1. The van der Waals surface area contributed by atoms with Crippen molar-refractivity contribution in [2.45, 2.75) is 39.3 Å². The Bertz CT molecular complexity index is 657. The summed E-state index contributed by atoms with van der Waals surface area (Å²) in [5, 5.41) is 3.34. The summed E-state index contributed by atoms with van der Waals surface area (Å²) in [6.07, 6.45) is 3.70. The molecule has 0 spiro atoms. The van der Waals surface area contributed by atoms with Crippen LogP contribution in [-0.2, 0) is 17.7 Å². The molecule has 0 aromatic carbocycles. The third-order valence-corrected chi connectivity index (χ3v) is 3.70. The molecule has 6 heteroatoms. The molecule has 1 aliphatic heterocycles. The van der Waals surface area contributed by atoms with Crippen LogP contribution in [0, 0.1) is 6.92 Å². The van der Waals surface area contributed by atoms with Gasteiger partial charge in [0.25, 0.3) is 0 Å². The minimum atomic E-state index is 0.113. The predicted molar refractivity (Wildman–Crippen MR) is 87.6 cm³/mol. The van der Waals surface area contributed by atoms with E-state index in [1.54, 1.807) is 6.20 Å². The average molecular weight is 314 g/mol. The zero-order valence-electron chi connectivity index (χ0n) is 13.6. The van der Waals surface area contributed by atoms with E-state index >= 15 is 0 Å². The fraction of sp³-hybridized carbons (Fsp3) is 0.471. The molecule has 0 aliphatic carbocycles. The van der Waals surface area contributed by atoms with Crippen LogP contribution in [0.2, 0.25) is 0 Å². The van der Waals surface area contributed by atoms with Crippen LogP contribution in [0.4, 0.5) is 5.82 Å². The maximum Gasteiger partial charge on any atom is 0.213 e. The van der Waals surface area contributed by atoms with Gasteiger partial charge in [-0.1, -0.05) is 6.92 Å². The second-order valence-corrected chi connectivity index (χ2v) is 5.60. The minimum Gasteiger partial charge on any atom is -0.472 e. The highest BCUT2D eigenvalue weighted by Gasteiger charge is 2.17. The lowest BCUT2D eigenvalue weighted by Gasteiger charge is -2.12. The quantitative estimate of drug-likeness (QED) is 0.883. The van der Waals surface area contributed by atoms with Crippen LogP contribution in [0.1, 0.15) is 30.4 Å². The number of hydrogen-bond acceptors (Lipinski definition) is 6. The van der Waals surface area contributed by atoms with Crippen molar-refractivity contribution in [1.29, 1.82) is 0 Å². The standard InChI is InChI=1S/C17H22N4O2/c1-3-14-9-16(21-12(2)20-14)19-10-13-4-6-18-17(8-13)23-15-5-7-22-11-15/h4,6,8-9,15H,3,5,7,10-11H2,1-2H3,(H,19,20,21). The molecule has 1 aliphatic rings. The molecule has 0 saturated carbocycles. The van der Waals surface area contributed by atoms with Crippen molar-refractivity contribution in [1.82, 2.24) is 15.0 Å². The summed E-state index contributed by atoms with van der Waals surface area (Å²) in [6.45, 7) is 6.07. The Balaban J connectivity index is 1.62. The Morgan fingerprint density at radius 2 is 2.26 bits per heavy atom. The van der Waals surface area contributed by atoms with Crippen LogP contribution in [0.15, 0.2) is 24.4 Å². The highest BCUT2D eigenvalue weighted by molar-refractivity contribution is 5.37. The highest BCUT2D eigenvalue weighted by atomic mass is 16.5. The van der Waals surface area contributed by atoms with Gasteiger partial charge in [-0.3, -0.25) is 0 Å². The summed E-state index contributed by atoms with van der Waals surface area (Å²) in [5.74, 6) is 2.28. The summed E-state index contributed by atoms with van der Waals surface area (Å²) in [6, 6.07) is 5.92. The van der Waals surface area contributed by atoms with Crippen molar-refractivity contribution in [2.75, 3.05) is 18.5 Å². The molecule has 0 radical (unpaired) electrons. The molecule has 1 atom stereocenters. The second-order valence-electron chi connectivity index (χ2n) is 5.60. The molecule has 0 bridgehead atoms. The van der Waals surface area contributed by atoms with Gasteiger partial charge in [0.1, 0.15) is 17.7 Å². The largest absolute Gasteiger partial charge is 0.472 e. The smallest absolute Gasteiger partial charge is 0.213 e. The lowest BCUT2D eigenvalue weighted by atomic mass is 10.2. The van der Waals surface area contributed by atoms with Crippen LogP contribution in [0.5, 0.6) is 5.88 Å². The van der Waals surface area contributed by atoms with E-state index in [0.29, 0.717) is 19.0 Å². The third kappa shape index (κ3) is 4.39. The van der Waals surface area contributed by atoms with E-state index in [1.807, 2.05) is 25.1 Å². The summed E-state index contributed by atoms with van der Waals surface area (Å²) in [5.41, 5.74) is 2.14. The molecule has 3 rings (SSSR count). The first-order valence-electron chi connectivity index (χ1n) is 8.00. The Kier molecular flexibility index (Phi) is 5.02. The van der Waals surface area contributed by atoms with Crippen molar-refractivity contribution in [3.63, 3.8) is 0 Å². The van der Waals surface area contributed by atoms with Crippen LogP contribution >= 0.6 is 0 Å².